The Bertz CT molecular complexity index is 869. The van der Waals surface area contributed by atoms with Gasteiger partial charge in [0.1, 0.15) is 4.32 Å². The van der Waals surface area contributed by atoms with Gasteiger partial charge in [0.05, 0.1) is 16.2 Å². The molecule has 0 unspecified atom stereocenters. The van der Waals surface area contributed by atoms with Crippen LogP contribution in [0, 0.1) is 0 Å². The normalized spacial score (nSPS) is 18.7. The third-order valence-electron chi connectivity index (χ3n) is 5.52. The molecule has 0 atom stereocenters. The molecule has 1 saturated heterocycles. The molecule has 2 aliphatic rings. The van der Waals surface area contributed by atoms with Gasteiger partial charge in [-0.15, -0.1) is 0 Å². The van der Waals surface area contributed by atoms with Crippen molar-refractivity contribution in [1.29, 1.82) is 0 Å². The number of fused-ring (bicyclic) bond motifs is 1. The lowest BCUT2D eigenvalue weighted by atomic mass is 10.1. The molecule has 1 aromatic carbocycles. The van der Waals surface area contributed by atoms with Crippen molar-refractivity contribution in [3.05, 3.63) is 33.1 Å². The summed E-state index contributed by atoms with van der Waals surface area (Å²) < 4.78 is 1.46. The molecule has 0 aliphatic carbocycles. The predicted octanol–water partition coefficient (Wildman–Crippen LogP) is 6.53. The first-order valence-corrected chi connectivity index (χ1v) is 12.9. The van der Waals surface area contributed by atoms with E-state index < -0.39 is 0 Å². The number of halogens is 1. The minimum Gasteiger partial charge on any atom is -0.308 e. The second-order valence-electron chi connectivity index (χ2n) is 7.77. The van der Waals surface area contributed by atoms with Gasteiger partial charge in [-0.2, -0.15) is 0 Å². The Morgan fingerprint density at radius 1 is 0.900 bits per heavy atom. The molecular formula is C23H29BrN2O2S2. The van der Waals surface area contributed by atoms with Crippen molar-refractivity contribution in [3.63, 3.8) is 0 Å². The summed E-state index contributed by atoms with van der Waals surface area (Å²) in [4.78, 5) is 30.5. The van der Waals surface area contributed by atoms with E-state index in [-0.39, 0.29) is 11.8 Å². The molecule has 0 bridgehead atoms. The van der Waals surface area contributed by atoms with E-state index in [2.05, 4.69) is 29.8 Å². The van der Waals surface area contributed by atoms with Crippen molar-refractivity contribution in [3.8, 4) is 0 Å². The largest absolute Gasteiger partial charge is 0.308 e. The molecule has 162 valence electrons. The summed E-state index contributed by atoms with van der Waals surface area (Å²) in [7, 11) is 0. The van der Waals surface area contributed by atoms with Crippen molar-refractivity contribution in [2.24, 2.45) is 0 Å². The summed E-state index contributed by atoms with van der Waals surface area (Å²) in [5.74, 6) is -0.207. The number of unbranched alkanes of at least 4 members (excludes halogenated alkanes) is 6. The number of amides is 2. The number of rotatable bonds is 10. The standard InChI is InChI=1S/C23H29BrN2O2S2/c1-3-5-7-8-9-10-14-26-22(28)20(30-23(26)29)19-17-15-16(24)11-12-18(17)25(21(19)27)13-6-4-2/h11-12,15H,3-10,13-14H2,1-2H3. The quantitative estimate of drug-likeness (QED) is 0.204. The van der Waals surface area contributed by atoms with E-state index in [0.29, 0.717) is 27.9 Å². The van der Waals surface area contributed by atoms with E-state index in [9.17, 15) is 9.59 Å². The van der Waals surface area contributed by atoms with Crippen LogP contribution in [0.3, 0.4) is 0 Å². The van der Waals surface area contributed by atoms with Crippen LogP contribution in [0.25, 0.3) is 5.57 Å². The molecule has 0 N–H and O–H groups in total. The molecule has 2 heterocycles. The number of benzene rings is 1. The fourth-order valence-corrected chi connectivity index (χ4v) is 5.59. The zero-order chi connectivity index (χ0) is 21.7. The minimum atomic E-state index is -0.120. The maximum atomic E-state index is 13.3. The third-order valence-corrected chi connectivity index (χ3v) is 7.47. The average Bonchev–Trinajstić information content (AvgIpc) is 3.15. The molecule has 0 radical (unpaired) electrons. The highest BCUT2D eigenvalue weighted by atomic mass is 79.9. The average molecular weight is 510 g/mol. The Hall–Kier alpha value is -1.18. The van der Waals surface area contributed by atoms with Crippen molar-refractivity contribution in [2.75, 3.05) is 18.0 Å². The molecule has 7 heteroatoms. The van der Waals surface area contributed by atoms with Crippen LogP contribution < -0.4 is 4.90 Å². The molecule has 0 spiro atoms. The van der Waals surface area contributed by atoms with Gasteiger partial charge in [0.2, 0.25) is 0 Å². The van der Waals surface area contributed by atoms with Gasteiger partial charge in [-0.25, -0.2) is 0 Å². The van der Waals surface area contributed by atoms with Gasteiger partial charge < -0.3 is 4.90 Å². The van der Waals surface area contributed by atoms with Crippen LogP contribution in [0.1, 0.15) is 70.8 Å². The molecular weight excluding hydrogens is 480 g/mol. The number of nitrogens with zero attached hydrogens (tertiary/aromatic N) is 2. The Morgan fingerprint density at radius 2 is 1.57 bits per heavy atom. The first kappa shape index (κ1) is 23.5. The van der Waals surface area contributed by atoms with E-state index in [1.165, 1.54) is 37.4 Å². The third kappa shape index (κ3) is 5.00. The Kier molecular flexibility index (Phi) is 8.54. The number of thiocarbonyl (C=S) groups is 1. The molecule has 4 nitrogen and oxygen atoms in total. The van der Waals surface area contributed by atoms with Crippen LogP contribution in [0.2, 0.25) is 0 Å². The van der Waals surface area contributed by atoms with E-state index in [1.807, 2.05) is 18.2 Å². The van der Waals surface area contributed by atoms with Gasteiger partial charge in [0.15, 0.2) is 0 Å². The fourth-order valence-electron chi connectivity index (χ4n) is 3.85. The van der Waals surface area contributed by atoms with E-state index >= 15 is 0 Å². The summed E-state index contributed by atoms with van der Waals surface area (Å²) in [5.41, 5.74) is 2.21. The van der Waals surface area contributed by atoms with Gasteiger partial charge in [0.25, 0.3) is 11.8 Å². The van der Waals surface area contributed by atoms with Crippen LogP contribution in [0.15, 0.2) is 27.6 Å². The summed E-state index contributed by atoms with van der Waals surface area (Å²) in [5, 5.41) is 0. The van der Waals surface area contributed by atoms with Crippen molar-refractivity contribution in [2.45, 2.75) is 65.2 Å². The molecule has 1 aromatic rings. The van der Waals surface area contributed by atoms with Crippen LogP contribution >= 0.6 is 39.9 Å². The fraction of sp³-hybridized carbons (Fsp3) is 0.522. The molecule has 0 saturated carbocycles. The second-order valence-corrected chi connectivity index (χ2v) is 10.3. The number of anilines is 1. The monoisotopic (exact) mass is 508 g/mol. The van der Waals surface area contributed by atoms with Gasteiger partial charge >= 0.3 is 0 Å². The predicted molar refractivity (Wildman–Crippen MR) is 134 cm³/mol. The van der Waals surface area contributed by atoms with E-state index in [0.717, 1.165) is 41.4 Å². The number of carbonyl (C=O) groups is 2. The summed E-state index contributed by atoms with van der Waals surface area (Å²) in [6.07, 6.45) is 8.89. The topological polar surface area (TPSA) is 40.6 Å². The maximum absolute atomic E-state index is 13.3. The minimum absolute atomic E-state index is 0.0865. The molecule has 1 fully saturated rings. The molecule has 3 rings (SSSR count). The highest BCUT2D eigenvalue weighted by molar-refractivity contribution is 9.10. The van der Waals surface area contributed by atoms with Crippen molar-refractivity contribution >= 4 is 67.3 Å². The van der Waals surface area contributed by atoms with Gasteiger partial charge in [-0.3, -0.25) is 14.5 Å². The molecule has 2 amide bonds. The zero-order valence-corrected chi connectivity index (χ0v) is 20.9. The lowest BCUT2D eigenvalue weighted by molar-refractivity contribution is -0.122. The van der Waals surface area contributed by atoms with E-state index in [1.54, 1.807) is 9.80 Å². The van der Waals surface area contributed by atoms with Gasteiger partial charge in [-0.05, 0) is 31.0 Å². The van der Waals surface area contributed by atoms with E-state index in [4.69, 9.17) is 12.2 Å². The summed E-state index contributed by atoms with van der Waals surface area (Å²) in [6, 6.07) is 5.84. The summed E-state index contributed by atoms with van der Waals surface area (Å²) in [6.45, 7) is 5.60. The highest BCUT2D eigenvalue weighted by Gasteiger charge is 2.41. The van der Waals surface area contributed by atoms with Crippen LogP contribution in [0.5, 0.6) is 0 Å². The van der Waals surface area contributed by atoms with Gasteiger partial charge in [0, 0.05) is 23.1 Å². The highest BCUT2D eigenvalue weighted by Crippen LogP contribution is 2.45. The number of thioether (sulfide) groups is 1. The van der Waals surface area contributed by atoms with Crippen LogP contribution in [-0.2, 0) is 9.59 Å². The first-order valence-electron chi connectivity index (χ1n) is 10.9. The van der Waals surface area contributed by atoms with Crippen LogP contribution in [-0.4, -0.2) is 34.1 Å². The molecule has 0 aromatic heterocycles. The van der Waals surface area contributed by atoms with Crippen molar-refractivity contribution in [1.82, 2.24) is 4.90 Å². The van der Waals surface area contributed by atoms with Crippen molar-refractivity contribution < 1.29 is 9.59 Å². The Balaban J connectivity index is 1.82. The SMILES string of the molecule is CCCCCCCCN1C(=O)C(=C2C(=O)N(CCCC)c3ccc(Br)cc32)SC1=S. The van der Waals surface area contributed by atoms with Crippen LogP contribution in [0.4, 0.5) is 5.69 Å². The number of carbonyl (C=O) groups excluding carboxylic acids is 2. The lowest BCUT2D eigenvalue weighted by Gasteiger charge is -2.16. The number of hydrogen-bond donors (Lipinski definition) is 0. The summed E-state index contributed by atoms with van der Waals surface area (Å²) >= 11 is 10.3. The Morgan fingerprint density at radius 3 is 2.30 bits per heavy atom. The molecule has 2 aliphatic heterocycles. The zero-order valence-electron chi connectivity index (χ0n) is 17.7. The van der Waals surface area contributed by atoms with Gasteiger partial charge in [-0.1, -0.05) is 92.3 Å². The smallest absolute Gasteiger partial charge is 0.267 e. The molecule has 30 heavy (non-hydrogen) atoms. The Labute approximate surface area is 197 Å². The second kappa shape index (κ2) is 10.9. The number of hydrogen-bond acceptors (Lipinski definition) is 4. The maximum Gasteiger partial charge on any atom is 0.267 e. The lowest BCUT2D eigenvalue weighted by Crippen LogP contribution is -2.30. The first-order chi connectivity index (χ1) is 14.5.